The first kappa shape index (κ1) is 24.6. The zero-order chi connectivity index (χ0) is 23.5. The molecule has 8 nitrogen and oxygen atoms in total. The Morgan fingerprint density at radius 3 is 1.66 bits per heavy atom. The second kappa shape index (κ2) is 12.2. The molecule has 0 saturated heterocycles. The summed E-state index contributed by atoms with van der Waals surface area (Å²) >= 11 is 0. The van der Waals surface area contributed by atoms with Gasteiger partial charge in [0.1, 0.15) is 12.0 Å². The molecule has 0 bridgehead atoms. The number of hydrogen-bond acceptors (Lipinski definition) is 6. The van der Waals surface area contributed by atoms with E-state index < -0.39 is 41.8 Å². The molecule has 2 rings (SSSR count). The maximum atomic E-state index is 12.8. The molecule has 8 heteroatoms. The molecule has 2 amide bonds. The quantitative estimate of drug-likeness (QED) is 0.549. The predicted octanol–water partition coefficient (Wildman–Crippen LogP) is 2.35. The lowest BCUT2D eigenvalue weighted by Gasteiger charge is -2.31. The highest BCUT2D eigenvalue weighted by Gasteiger charge is 2.42. The van der Waals surface area contributed by atoms with Gasteiger partial charge in [-0.25, -0.2) is 4.79 Å². The lowest BCUT2D eigenvalue weighted by molar-refractivity contribution is -0.155. The van der Waals surface area contributed by atoms with E-state index >= 15 is 0 Å². The molecule has 2 aromatic carbocycles. The van der Waals surface area contributed by atoms with E-state index in [1.807, 2.05) is 6.92 Å². The van der Waals surface area contributed by atoms with Crippen molar-refractivity contribution < 1.29 is 28.7 Å². The van der Waals surface area contributed by atoms with Crippen molar-refractivity contribution in [2.75, 3.05) is 14.2 Å². The number of carbonyl (C=O) groups excluding carboxylic acids is 4. The van der Waals surface area contributed by atoms with Gasteiger partial charge in [0, 0.05) is 17.2 Å². The molecule has 0 radical (unpaired) electrons. The molecular formula is C24H28N2O6. The average molecular weight is 440 g/mol. The van der Waals surface area contributed by atoms with Crippen LogP contribution in [-0.2, 0) is 19.1 Å². The zero-order valence-corrected chi connectivity index (χ0v) is 18.4. The number of esters is 2. The molecule has 0 aliphatic rings. The SMILES string of the molecule is CCC[C@H](NC(=O)c1ccccc1)[C@H](C(=O)OC)[C@@H](NC(=O)c1ccccc1)C(=O)OC. The summed E-state index contributed by atoms with van der Waals surface area (Å²) in [5.41, 5.74) is 0.713. The number of nitrogens with one attached hydrogen (secondary N) is 2. The maximum absolute atomic E-state index is 12.8. The van der Waals surface area contributed by atoms with E-state index in [1.165, 1.54) is 7.11 Å². The summed E-state index contributed by atoms with van der Waals surface area (Å²) in [5.74, 6) is -3.73. The van der Waals surface area contributed by atoms with Crippen LogP contribution in [0.2, 0.25) is 0 Å². The Morgan fingerprint density at radius 1 is 0.750 bits per heavy atom. The van der Waals surface area contributed by atoms with Crippen LogP contribution in [0.15, 0.2) is 60.7 Å². The monoisotopic (exact) mass is 440 g/mol. The van der Waals surface area contributed by atoms with Crippen LogP contribution in [-0.4, -0.2) is 50.1 Å². The first-order valence-corrected chi connectivity index (χ1v) is 10.3. The number of carbonyl (C=O) groups is 4. The molecule has 2 aromatic rings. The Bertz CT molecular complexity index is 917. The van der Waals surface area contributed by atoms with E-state index in [1.54, 1.807) is 60.7 Å². The van der Waals surface area contributed by atoms with Gasteiger partial charge in [-0.1, -0.05) is 49.7 Å². The second-order valence-electron chi connectivity index (χ2n) is 7.12. The Kier molecular flexibility index (Phi) is 9.41. The van der Waals surface area contributed by atoms with Crippen LogP contribution in [0.4, 0.5) is 0 Å². The third kappa shape index (κ3) is 6.41. The van der Waals surface area contributed by atoms with Gasteiger partial charge in [-0.05, 0) is 30.7 Å². The minimum absolute atomic E-state index is 0.311. The van der Waals surface area contributed by atoms with Crippen molar-refractivity contribution in [2.24, 2.45) is 5.92 Å². The summed E-state index contributed by atoms with van der Waals surface area (Å²) in [5, 5.41) is 5.41. The second-order valence-corrected chi connectivity index (χ2v) is 7.12. The van der Waals surface area contributed by atoms with Crippen molar-refractivity contribution in [3.05, 3.63) is 71.8 Å². The molecule has 0 spiro atoms. The van der Waals surface area contributed by atoms with Crippen LogP contribution in [0.25, 0.3) is 0 Å². The molecule has 0 fully saturated rings. The van der Waals surface area contributed by atoms with Crippen LogP contribution in [0, 0.1) is 5.92 Å². The molecule has 0 aliphatic carbocycles. The fourth-order valence-electron chi connectivity index (χ4n) is 3.40. The highest BCUT2D eigenvalue weighted by molar-refractivity contribution is 5.98. The van der Waals surface area contributed by atoms with Crippen molar-refractivity contribution in [1.82, 2.24) is 10.6 Å². The summed E-state index contributed by atoms with van der Waals surface area (Å²) in [6, 6.07) is 14.6. The predicted molar refractivity (Wildman–Crippen MR) is 118 cm³/mol. The molecule has 0 aromatic heterocycles. The summed E-state index contributed by atoms with van der Waals surface area (Å²) in [7, 11) is 2.35. The number of benzene rings is 2. The number of rotatable bonds is 10. The fraction of sp³-hybridized carbons (Fsp3) is 0.333. The average Bonchev–Trinajstić information content (AvgIpc) is 2.83. The maximum Gasteiger partial charge on any atom is 0.329 e. The van der Waals surface area contributed by atoms with Gasteiger partial charge in [0.25, 0.3) is 11.8 Å². The van der Waals surface area contributed by atoms with Gasteiger partial charge in [-0.2, -0.15) is 0 Å². The normalized spacial score (nSPS) is 13.2. The molecule has 170 valence electrons. The van der Waals surface area contributed by atoms with E-state index in [0.717, 1.165) is 7.11 Å². The van der Waals surface area contributed by atoms with Gasteiger partial charge in [-0.3, -0.25) is 14.4 Å². The molecular weight excluding hydrogens is 412 g/mol. The third-order valence-corrected chi connectivity index (χ3v) is 5.00. The van der Waals surface area contributed by atoms with E-state index in [-0.39, 0.29) is 0 Å². The summed E-state index contributed by atoms with van der Waals surface area (Å²) < 4.78 is 9.81. The summed E-state index contributed by atoms with van der Waals surface area (Å²) in [4.78, 5) is 51.0. The topological polar surface area (TPSA) is 111 Å². The van der Waals surface area contributed by atoms with Crippen molar-refractivity contribution >= 4 is 23.8 Å². The van der Waals surface area contributed by atoms with E-state index in [2.05, 4.69) is 10.6 Å². The molecule has 0 aliphatic heterocycles. The Labute approximate surface area is 187 Å². The number of amides is 2. The lowest BCUT2D eigenvalue weighted by atomic mass is 9.88. The van der Waals surface area contributed by atoms with Gasteiger partial charge >= 0.3 is 11.9 Å². The third-order valence-electron chi connectivity index (χ3n) is 5.00. The summed E-state index contributed by atoms with van der Waals surface area (Å²) in [6.07, 6.45) is 0.973. The van der Waals surface area contributed by atoms with Crippen molar-refractivity contribution in [3.8, 4) is 0 Å². The van der Waals surface area contributed by atoms with Crippen LogP contribution >= 0.6 is 0 Å². The minimum atomic E-state index is -1.37. The standard InChI is InChI=1S/C24H28N2O6/c1-4-11-18(25-21(27)16-12-7-5-8-13-16)19(23(29)31-2)20(24(30)32-3)26-22(28)17-14-9-6-10-15-17/h5-10,12-15,18-20H,4,11H2,1-3H3,(H,25,27)(H,26,28)/t18-,19-,20+/m0/s1. The van der Waals surface area contributed by atoms with Crippen molar-refractivity contribution in [2.45, 2.75) is 31.8 Å². The molecule has 0 saturated carbocycles. The van der Waals surface area contributed by atoms with Crippen molar-refractivity contribution in [1.29, 1.82) is 0 Å². The zero-order valence-electron chi connectivity index (χ0n) is 18.4. The number of ether oxygens (including phenoxy) is 2. The largest absolute Gasteiger partial charge is 0.469 e. The number of methoxy groups -OCH3 is 2. The Morgan fingerprint density at radius 2 is 1.22 bits per heavy atom. The highest BCUT2D eigenvalue weighted by Crippen LogP contribution is 2.19. The van der Waals surface area contributed by atoms with Crippen LogP contribution in [0.3, 0.4) is 0 Å². The lowest BCUT2D eigenvalue weighted by Crippen LogP contribution is -2.57. The van der Waals surface area contributed by atoms with Crippen LogP contribution in [0.5, 0.6) is 0 Å². The minimum Gasteiger partial charge on any atom is -0.469 e. The van der Waals surface area contributed by atoms with E-state index in [0.29, 0.717) is 24.0 Å². The smallest absolute Gasteiger partial charge is 0.329 e. The molecule has 3 atom stereocenters. The van der Waals surface area contributed by atoms with Crippen molar-refractivity contribution in [3.63, 3.8) is 0 Å². The van der Waals surface area contributed by atoms with E-state index in [9.17, 15) is 19.2 Å². The van der Waals surface area contributed by atoms with Gasteiger partial charge < -0.3 is 20.1 Å². The summed E-state index contributed by atoms with van der Waals surface area (Å²) in [6.45, 7) is 1.88. The Hall–Kier alpha value is -3.68. The molecule has 32 heavy (non-hydrogen) atoms. The van der Waals surface area contributed by atoms with Gasteiger partial charge in [-0.15, -0.1) is 0 Å². The van der Waals surface area contributed by atoms with Crippen LogP contribution < -0.4 is 10.6 Å². The van der Waals surface area contributed by atoms with E-state index in [4.69, 9.17) is 9.47 Å². The molecule has 0 unspecified atom stereocenters. The van der Waals surface area contributed by atoms with Gasteiger partial charge in [0.15, 0.2) is 0 Å². The fourth-order valence-corrected chi connectivity index (χ4v) is 3.40. The van der Waals surface area contributed by atoms with Crippen LogP contribution in [0.1, 0.15) is 40.5 Å². The first-order valence-electron chi connectivity index (χ1n) is 10.3. The Balaban J connectivity index is 2.39. The van der Waals surface area contributed by atoms with Gasteiger partial charge in [0.2, 0.25) is 0 Å². The number of hydrogen-bond donors (Lipinski definition) is 2. The first-order chi connectivity index (χ1) is 15.4. The van der Waals surface area contributed by atoms with Gasteiger partial charge in [0.05, 0.1) is 14.2 Å². The molecule has 2 N–H and O–H groups in total. The highest BCUT2D eigenvalue weighted by atomic mass is 16.5. The molecule has 0 heterocycles.